The Labute approximate surface area is 145 Å². The molecule has 24 heavy (non-hydrogen) atoms. The van der Waals surface area contributed by atoms with E-state index < -0.39 is 0 Å². The molecule has 2 heterocycles. The first-order valence-electron chi connectivity index (χ1n) is 7.81. The number of benzene rings is 1. The summed E-state index contributed by atoms with van der Waals surface area (Å²) in [6, 6.07) is 10.5. The molecule has 1 fully saturated rings. The van der Waals surface area contributed by atoms with Crippen molar-refractivity contribution in [3.63, 3.8) is 0 Å². The Bertz CT molecular complexity index is 753. The van der Waals surface area contributed by atoms with Gasteiger partial charge < -0.3 is 9.80 Å². The third kappa shape index (κ3) is 3.57. The van der Waals surface area contributed by atoms with Crippen molar-refractivity contribution in [2.24, 2.45) is 0 Å². The second kappa shape index (κ2) is 7.01. The summed E-state index contributed by atoms with van der Waals surface area (Å²) in [5.74, 6) is -0.0982. The van der Waals surface area contributed by atoms with Crippen LogP contribution >= 0.6 is 11.6 Å². The lowest BCUT2D eigenvalue weighted by atomic mass is 10.1. The molecule has 0 spiro atoms. The molecule has 1 saturated heterocycles. The second-order valence-corrected chi connectivity index (χ2v) is 6.22. The standard InChI is InChI=1S/C18H18ClN3O2/c1-13-5-6-15(12-20-13)18(24)22-9-7-21(8-10-22)17(23)14-3-2-4-16(19)11-14/h2-6,11-12H,7-10H2,1H3. The Balaban J connectivity index is 1.62. The van der Waals surface area contributed by atoms with Crippen molar-refractivity contribution < 1.29 is 9.59 Å². The molecule has 1 aliphatic rings. The van der Waals surface area contributed by atoms with E-state index in [1.54, 1.807) is 46.3 Å². The molecule has 0 N–H and O–H groups in total. The first-order valence-corrected chi connectivity index (χ1v) is 8.19. The van der Waals surface area contributed by atoms with Crippen LogP contribution in [0.5, 0.6) is 0 Å². The van der Waals surface area contributed by atoms with Crippen LogP contribution < -0.4 is 0 Å². The third-order valence-corrected chi connectivity index (χ3v) is 4.32. The molecular weight excluding hydrogens is 326 g/mol. The van der Waals surface area contributed by atoms with Gasteiger partial charge in [0.15, 0.2) is 0 Å². The molecule has 1 aromatic heterocycles. The van der Waals surface area contributed by atoms with Crippen LogP contribution in [-0.2, 0) is 0 Å². The highest BCUT2D eigenvalue weighted by atomic mass is 35.5. The van der Waals surface area contributed by atoms with Crippen molar-refractivity contribution in [1.29, 1.82) is 0 Å². The lowest BCUT2D eigenvalue weighted by Crippen LogP contribution is -2.50. The van der Waals surface area contributed by atoms with Gasteiger partial charge in [-0.05, 0) is 37.3 Å². The number of aromatic nitrogens is 1. The van der Waals surface area contributed by atoms with Crippen LogP contribution in [0.4, 0.5) is 0 Å². The molecule has 0 saturated carbocycles. The summed E-state index contributed by atoms with van der Waals surface area (Å²) in [5, 5.41) is 0.543. The van der Waals surface area contributed by atoms with Crippen LogP contribution in [0.15, 0.2) is 42.6 Å². The van der Waals surface area contributed by atoms with Gasteiger partial charge in [0.2, 0.25) is 0 Å². The molecule has 0 bridgehead atoms. The molecule has 3 rings (SSSR count). The van der Waals surface area contributed by atoms with E-state index in [1.165, 1.54) is 0 Å². The summed E-state index contributed by atoms with van der Waals surface area (Å²) < 4.78 is 0. The number of carbonyl (C=O) groups excluding carboxylic acids is 2. The van der Waals surface area contributed by atoms with Crippen LogP contribution in [0.3, 0.4) is 0 Å². The number of aryl methyl sites for hydroxylation is 1. The molecule has 0 unspecified atom stereocenters. The molecule has 124 valence electrons. The number of piperazine rings is 1. The van der Waals surface area contributed by atoms with Crippen LogP contribution in [0.25, 0.3) is 0 Å². The Hall–Kier alpha value is -2.40. The van der Waals surface area contributed by atoms with Crippen molar-refractivity contribution in [2.45, 2.75) is 6.92 Å². The average Bonchev–Trinajstić information content (AvgIpc) is 2.61. The minimum atomic E-state index is -0.0541. The lowest BCUT2D eigenvalue weighted by molar-refractivity contribution is 0.0535. The maximum absolute atomic E-state index is 12.5. The average molecular weight is 344 g/mol. The monoisotopic (exact) mass is 343 g/mol. The summed E-state index contributed by atoms with van der Waals surface area (Å²) in [7, 11) is 0. The predicted octanol–water partition coefficient (Wildman–Crippen LogP) is 2.64. The Morgan fingerprint density at radius 2 is 1.58 bits per heavy atom. The highest BCUT2D eigenvalue weighted by Crippen LogP contribution is 2.15. The molecule has 1 aromatic carbocycles. The van der Waals surface area contributed by atoms with Gasteiger partial charge in [0.1, 0.15) is 0 Å². The quantitative estimate of drug-likeness (QED) is 0.842. The highest BCUT2D eigenvalue weighted by Gasteiger charge is 2.25. The van der Waals surface area contributed by atoms with Gasteiger partial charge >= 0.3 is 0 Å². The van der Waals surface area contributed by atoms with Gasteiger partial charge in [-0.15, -0.1) is 0 Å². The first-order chi connectivity index (χ1) is 11.5. The Kier molecular flexibility index (Phi) is 4.81. The summed E-state index contributed by atoms with van der Waals surface area (Å²) >= 11 is 5.94. The fraction of sp³-hybridized carbons (Fsp3) is 0.278. The third-order valence-electron chi connectivity index (χ3n) is 4.08. The Morgan fingerprint density at radius 1 is 0.958 bits per heavy atom. The van der Waals surface area contributed by atoms with E-state index in [9.17, 15) is 9.59 Å². The summed E-state index contributed by atoms with van der Waals surface area (Å²) in [5.41, 5.74) is 2.03. The maximum atomic E-state index is 12.5. The van der Waals surface area contributed by atoms with Crippen molar-refractivity contribution in [3.8, 4) is 0 Å². The van der Waals surface area contributed by atoms with Gasteiger partial charge in [-0.2, -0.15) is 0 Å². The fourth-order valence-corrected chi connectivity index (χ4v) is 2.88. The number of hydrogen-bond donors (Lipinski definition) is 0. The zero-order valence-electron chi connectivity index (χ0n) is 13.4. The molecule has 0 radical (unpaired) electrons. The van der Waals surface area contributed by atoms with Crippen LogP contribution in [0.2, 0.25) is 5.02 Å². The van der Waals surface area contributed by atoms with Crippen molar-refractivity contribution in [3.05, 3.63) is 64.4 Å². The Morgan fingerprint density at radius 3 is 2.12 bits per heavy atom. The number of carbonyl (C=O) groups is 2. The number of hydrogen-bond acceptors (Lipinski definition) is 3. The van der Waals surface area contributed by atoms with Gasteiger partial charge in [0, 0.05) is 48.7 Å². The van der Waals surface area contributed by atoms with Crippen LogP contribution in [0.1, 0.15) is 26.4 Å². The second-order valence-electron chi connectivity index (χ2n) is 5.78. The van der Waals surface area contributed by atoms with E-state index in [4.69, 9.17) is 11.6 Å². The van der Waals surface area contributed by atoms with E-state index in [0.717, 1.165) is 5.69 Å². The van der Waals surface area contributed by atoms with Gasteiger partial charge in [0.05, 0.1) is 5.56 Å². The zero-order valence-corrected chi connectivity index (χ0v) is 14.2. The topological polar surface area (TPSA) is 53.5 Å². The summed E-state index contributed by atoms with van der Waals surface area (Å²) in [6.45, 7) is 3.93. The fourth-order valence-electron chi connectivity index (χ4n) is 2.69. The van der Waals surface area contributed by atoms with Gasteiger partial charge in [0.25, 0.3) is 11.8 Å². The van der Waals surface area contributed by atoms with Crippen molar-refractivity contribution in [1.82, 2.24) is 14.8 Å². The van der Waals surface area contributed by atoms with Gasteiger partial charge in [-0.1, -0.05) is 17.7 Å². The SMILES string of the molecule is Cc1ccc(C(=O)N2CCN(C(=O)c3cccc(Cl)c3)CC2)cn1. The van der Waals surface area contributed by atoms with Gasteiger partial charge in [-0.25, -0.2) is 0 Å². The van der Waals surface area contributed by atoms with E-state index in [-0.39, 0.29) is 11.8 Å². The molecule has 2 amide bonds. The maximum Gasteiger partial charge on any atom is 0.255 e. The molecule has 1 aliphatic heterocycles. The predicted molar refractivity (Wildman–Crippen MR) is 92.2 cm³/mol. The molecule has 6 heteroatoms. The van der Waals surface area contributed by atoms with Crippen molar-refractivity contribution >= 4 is 23.4 Å². The smallest absolute Gasteiger partial charge is 0.255 e. The van der Waals surface area contributed by atoms with E-state index in [2.05, 4.69) is 4.98 Å². The molecule has 5 nitrogen and oxygen atoms in total. The number of amides is 2. The zero-order chi connectivity index (χ0) is 17.1. The molecule has 0 aliphatic carbocycles. The number of rotatable bonds is 2. The van der Waals surface area contributed by atoms with Crippen LogP contribution in [-0.4, -0.2) is 52.8 Å². The minimum absolute atomic E-state index is 0.0441. The normalized spacial score (nSPS) is 14.6. The number of halogens is 1. The highest BCUT2D eigenvalue weighted by molar-refractivity contribution is 6.30. The molecular formula is C18H18ClN3O2. The van der Waals surface area contributed by atoms with E-state index in [0.29, 0.717) is 42.3 Å². The van der Waals surface area contributed by atoms with Gasteiger partial charge in [-0.3, -0.25) is 14.6 Å². The van der Waals surface area contributed by atoms with Crippen molar-refractivity contribution in [2.75, 3.05) is 26.2 Å². The summed E-state index contributed by atoms with van der Waals surface area (Å²) in [6.07, 6.45) is 1.60. The van der Waals surface area contributed by atoms with E-state index in [1.807, 2.05) is 13.0 Å². The lowest BCUT2D eigenvalue weighted by Gasteiger charge is -2.34. The van der Waals surface area contributed by atoms with E-state index >= 15 is 0 Å². The molecule has 2 aromatic rings. The number of pyridine rings is 1. The van der Waals surface area contributed by atoms with Crippen LogP contribution in [0, 0.1) is 6.92 Å². The summed E-state index contributed by atoms with van der Waals surface area (Å²) in [4.78, 5) is 32.6. The number of nitrogens with zero attached hydrogens (tertiary/aromatic N) is 3. The minimum Gasteiger partial charge on any atom is -0.335 e. The molecule has 0 atom stereocenters. The first kappa shape index (κ1) is 16.5. The largest absolute Gasteiger partial charge is 0.335 e.